The van der Waals surface area contributed by atoms with Crippen LogP contribution in [0.3, 0.4) is 0 Å². The average molecular weight is 333 g/mol. The molecule has 0 saturated heterocycles. The van der Waals surface area contributed by atoms with Crippen LogP contribution >= 0.6 is 31.9 Å². The van der Waals surface area contributed by atoms with E-state index in [0.29, 0.717) is 0 Å². The van der Waals surface area contributed by atoms with Crippen molar-refractivity contribution in [3.8, 4) is 0 Å². The summed E-state index contributed by atoms with van der Waals surface area (Å²) < 4.78 is 35.1. The third kappa shape index (κ3) is 2.49. The summed E-state index contributed by atoms with van der Waals surface area (Å²) in [5.41, 5.74) is 0. The number of hydrogen-bond acceptors (Lipinski definition) is 2. The van der Waals surface area contributed by atoms with Gasteiger partial charge in [0.2, 0.25) is 10.0 Å². The fourth-order valence-corrected chi connectivity index (χ4v) is 2.99. The first kappa shape index (κ1) is 11.1. The number of halogens is 3. The van der Waals surface area contributed by atoms with Crippen LogP contribution in [0.1, 0.15) is 0 Å². The molecule has 0 aromatic heterocycles. The second kappa shape index (κ2) is 3.64. The van der Waals surface area contributed by atoms with Crippen LogP contribution in [0, 0.1) is 5.82 Å². The van der Waals surface area contributed by atoms with Gasteiger partial charge in [0.25, 0.3) is 0 Å². The minimum atomic E-state index is -3.88. The topological polar surface area (TPSA) is 60.2 Å². The Morgan fingerprint density at radius 3 is 2.23 bits per heavy atom. The van der Waals surface area contributed by atoms with Gasteiger partial charge >= 0.3 is 0 Å². The van der Waals surface area contributed by atoms with E-state index in [4.69, 9.17) is 5.14 Å². The Kier molecular flexibility index (Phi) is 3.11. The predicted octanol–water partition coefficient (Wildman–Crippen LogP) is 2.00. The van der Waals surface area contributed by atoms with Gasteiger partial charge in [0.1, 0.15) is 5.82 Å². The third-order valence-electron chi connectivity index (χ3n) is 1.28. The van der Waals surface area contributed by atoms with Crippen LogP contribution in [-0.2, 0) is 10.0 Å². The lowest BCUT2D eigenvalue weighted by atomic mass is 10.3. The second-order valence-corrected chi connectivity index (χ2v) is 5.48. The first-order valence-corrected chi connectivity index (χ1v) is 6.13. The summed E-state index contributed by atoms with van der Waals surface area (Å²) in [4.78, 5) is -0.270. The van der Waals surface area contributed by atoms with Gasteiger partial charge < -0.3 is 0 Å². The molecule has 2 N–H and O–H groups in total. The summed E-state index contributed by atoms with van der Waals surface area (Å²) in [7, 11) is -3.88. The summed E-state index contributed by atoms with van der Waals surface area (Å²) in [6.07, 6.45) is 0. The zero-order valence-electron chi connectivity index (χ0n) is 6.09. The Morgan fingerprint density at radius 2 is 1.77 bits per heavy atom. The molecule has 7 heteroatoms. The Hall–Kier alpha value is 0.0200. The van der Waals surface area contributed by atoms with Crippen LogP contribution in [0.25, 0.3) is 0 Å². The fraction of sp³-hybridized carbons (Fsp3) is 0. The van der Waals surface area contributed by atoms with Crippen molar-refractivity contribution in [2.24, 2.45) is 5.14 Å². The molecule has 0 heterocycles. The number of hydrogen-bond donors (Lipinski definition) is 1. The van der Waals surface area contributed by atoms with Crippen LogP contribution in [0.2, 0.25) is 0 Å². The molecule has 1 rings (SSSR count). The predicted molar refractivity (Wildman–Crippen MR) is 53.2 cm³/mol. The normalized spacial score (nSPS) is 11.7. The summed E-state index contributed by atoms with van der Waals surface area (Å²) in [5, 5.41) is 4.84. The quantitative estimate of drug-likeness (QED) is 0.799. The molecule has 0 spiro atoms. The van der Waals surface area contributed by atoms with Gasteiger partial charge in [-0.1, -0.05) is 0 Å². The zero-order valence-corrected chi connectivity index (χ0v) is 10.1. The standard InChI is InChI=1S/C6H4Br2FNO2S/c7-3-1-4(8)6(2-5(3)9)13(10,11)12/h1-2H,(H2,10,11,12). The lowest BCUT2D eigenvalue weighted by Crippen LogP contribution is -2.13. The first-order chi connectivity index (χ1) is 5.82. The van der Waals surface area contributed by atoms with E-state index in [1.807, 2.05) is 0 Å². The van der Waals surface area contributed by atoms with Crippen LogP contribution in [0.5, 0.6) is 0 Å². The van der Waals surface area contributed by atoms with E-state index in [0.717, 1.165) is 6.07 Å². The fourth-order valence-electron chi connectivity index (χ4n) is 0.722. The van der Waals surface area contributed by atoms with Gasteiger partial charge in [-0.25, -0.2) is 17.9 Å². The van der Waals surface area contributed by atoms with Crippen molar-refractivity contribution < 1.29 is 12.8 Å². The summed E-state index contributed by atoms with van der Waals surface area (Å²) in [5.74, 6) is -0.674. The zero-order chi connectivity index (χ0) is 10.2. The third-order valence-corrected chi connectivity index (χ3v) is 3.76. The smallest absolute Gasteiger partial charge is 0.225 e. The molecular formula is C6H4Br2FNO2S. The van der Waals surface area contributed by atoms with E-state index in [-0.39, 0.29) is 13.8 Å². The maximum absolute atomic E-state index is 12.9. The molecule has 0 unspecified atom stereocenters. The molecule has 72 valence electrons. The van der Waals surface area contributed by atoms with Gasteiger partial charge in [-0.2, -0.15) is 0 Å². The molecule has 1 aromatic carbocycles. The van der Waals surface area contributed by atoms with E-state index in [1.54, 1.807) is 0 Å². The molecule has 0 radical (unpaired) electrons. The van der Waals surface area contributed by atoms with Gasteiger partial charge in [0, 0.05) is 4.47 Å². The minimum absolute atomic E-state index is 0.173. The van der Waals surface area contributed by atoms with Gasteiger partial charge in [-0.3, -0.25) is 0 Å². The van der Waals surface area contributed by atoms with Crippen molar-refractivity contribution in [3.05, 3.63) is 26.9 Å². The maximum atomic E-state index is 12.9. The highest BCUT2D eigenvalue weighted by Gasteiger charge is 2.15. The Morgan fingerprint density at radius 1 is 1.23 bits per heavy atom. The highest BCUT2D eigenvalue weighted by atomic mass is 79.9. The van der Waals surface area contributed by atoms with E-state index in [1.165, 1.54) is 6.07 Å². The molecule has 0 aliphatic heterocycles. The number of sulfonamides is 1. The van der Waals surface area contributed by atoms with Crippen molar-refractivity contribution >= 4 is 41.9 Å². The summed E-state index contributed by atoms with van der Waals surface area (Å²) in [6, 6.07) is 2.14. The van der Waals surface area contributed by atoms with Crippen LogP contribution in [-0.4, -0.2) is 8.42 Å². The lowest BCUT2D eigenvalue weighted by Gasteiger charge is -2.02. The molecule has 0 fully saturated rings. The van der Waals surface area contributed by atoms with Crippen molar-refractivity contribution in [3.63, 3.8) is 0 Å². The molecule has 0 saturated carbocycles. The molecule has 13 heavy (non-hydrogen) atoms. The van der Waals surface area contributed by atoms with E-state index >= 15 is 0 Å². The Bertz CT molecular complexity index is 446. The molecule has 0 aliphatic carbocycles. The van der Waals surface area contributed by atoms with Gasteiger partial charge in [-0.05, 0) is 44.0 Å². The summed E-state index contributed by atoms with van der Waals surface area (Å²) >= 11 is 5.87. The van der Waals surface area contributed by atoms with Crippen LogP contribution < -0.4 is 5.14 Å². The van der Waals surface area contributed by atoms with Crippen LogP contribution in [0.15, 0.2) is 26.0 Å². The number of nitrogens with two attached hydrogens (primary N) is 1. The Labute approximate surface area is 91.4 Å². The van der Waals surface area contributed by atoms with E-state index in [2.05, 4.69) is 31.9 Å². The van der Waals surface area contributed by atoms with Crippen molar-refractivity contribution in [1.82, 2.24) is 0 Å². The van der Waals surface area contributed by atoms with Gasteiger partial charge in [0.15, 0.2) is 0 Å². The average Bonchev–Trinajstić information content (AvgIpc) is 1.94. The molecule has 0 aliphatic rings. The minimum Gasteiger partial charge on any atom is -0.225 e. The largest absolute Gasteiger partial charge is 0.239 e. The van der Waals surface area contributed by atoms with Crippen LogP contribution in [0.4, 0.5) is 4.39 Å². The molecular weight excluding hydrogens is 329 g/mol. The highest BCUT2D eigenvalue weighted by Crippen LogP contribution is 2.27. The number of benzene rings is 1. The SMILES string of the molecule is NS(=O)(=O)c1cc(F)c(Br)cc1Br. The van der Waals surface area contributed by atoms with Gasteiger partial charge in [0.05, 0.1) is 9.37 Å². The van der Waals surface area contributed by atoms with Crippen molar-refractivity contribution in [2.45, 2.75) is 4.90 Å². The number of primary sulfonamides is 1. The first-order valence-electron chi connectivity index (χ1n) is 2.99. The molecule has 1 aromatic rings. The second-order valence-electron chi connectivity index (χ2n) is 2.24. The lowest BCUT2D eigenvalue weighted by molar-refractivity contribution is 0.590. The Balaban J connectivity index is 3.50. The molecule has 3 nitrogen and oxygen atoms in total. The molecule has 0 atom stereocenters. The molecule has 0 bridgehead atoms. The maximum Gasteiger partial charge on any atom is 0.239 e. The summed E-state index contributed by atoms with van der Waals surface area (Å²) in [6.45, 7) is 0. The van der Waals surface area contributed by atoms with E-state index in [9.17, 15) is 12.8 Å². The van der Waals surface area contributed by atoms with Crippen molar-refractivity contribution in [1.29, 1.82) is 0 Å². The van der Waals surface area contributed by atoms with E-state index < -0.39 is 15.8 Å². The number of rotatable bonds is 1. The van der Waals surface area contributed by atoms with Gasteiger partial charge in [-0.15, -0.1) is 0 Å². The molecule has 0 amide bonds. The highest BCUT2D eigenvalue weighted by molar-refractivity contribution is 9.11. The van der Waals surface area contributed by atoms with Crippen molar-refractivity contribution in [2.75, 3.05) is 0 Å². The monoisotopic (exact) mass is 331 g/mol.